The molecule has 4 heterocycles. The van der Waals surface area contributed by atoms with Gasteiger partial charge in [-0.1, -0.05) is 64.0 Å². The number of carbonyl (C=O) groups is 2. The minimum Gasteiger partial charge on any atom is -0.505 e. The van der Waals surface area contributed by atoms with E-state index in [0.29, 0.717) is 66.6 Å². The maximum atomic E-state index is 14.0. The number of hydrogen-bond acceptors (Lipinski definition) is 13. The van der Waals surface area contributed by atoms with Gasteiger partial charge in [0, 0.05) is 61.8 Å². The third kappa shape index (κ3) is 9.75. The first-order valence-corrected chi connectivity index (χ1v) is 21.1. The smallest absolute Gasteiger partial charge is 0.302 e. The van der Waals surface area contributed by atoms with Crippen molar-refractivity contribution in [1.29, 1.82) is 0 Å². The molecule has 15 heteroatoms. The number of amides is 1. The van der Waals surface area contributed by atoms with Crippen LogP contribution in [0.15, 0.2) is 59.4 Å². The SMILES string of the molecule is COC1C#CC(O)=c2c(O)c3c4c(nc5cc(/C=N/N6CCOCC6)ccn54)c2=C1CC/C=C/[C@H](OC)[C@@H](C)[C@@H](OC(C)=O)[C@H](C)[C@H](O)[C@H](C)[C@@H](O)[C@@H](C)/C=C/C=C(/C)C(=O)N3. The number of esters is 1. The quantitative estimate of drug-likeness (QED) is 0.0822. The number of hydrogen-bond donors (Lipinski definition) is 5. The number of fused-ring (bicyclic) bond motifs is 1. The van der Waals surface area contributed by atoms with E-state index in [1.54, 1.807) is 69.8 Å². The van der Waals surface area contributed by atoms with E-state index in [-0.39, 0.29) is 16.5 Å². The summed E-state index contributed by atoms with van der Waals surface area (Å²) in [6.45, 7) is 12.7. The number of methoxy groups -OCH3 is 2. The van der Waals surface area contributed by atoms with Gasteiger partial charge in [0.15, 0.2) is 11.5 Å². The number of imidazole rings is 1. The van der Waals surface area contributed by atoms with Gasteiger partial charge in [-0.15, -0.1) is 0 Å². The predicted octanol–water partition coefficient (Wildman–Crippen LogP) is 3.71. The number of aromatic hydroxyl groups is 1. The van der Waals surface area contributed by atoms with Crippen LogP contribution < -0.4 is 15.8 Å². The first kappa shape index (κ1) is 46.0. The number of morpholine rings is 1. The number of anilines is 1. The first-order chi connectivity index (χ1) is 29.7. The van der Waals surface area contributed by atoms with Crippen molar-refractivity contribution in [3.05, 3.63) is 70.3 Å². The van der Waals surface area contributed by atoms with Gasteiger partial charge in [-0.25, -0.2) is 4.98 Å². The van der Waals surface area contributed by atoms with Crippen LogP contribution in [0.4, 0.5) is 5.69 Å². The summed E-state index contributed by atoms with van der Waals surface area (Å²) in [6, 6.07) is 3.71. The normalized spacial score (nSPS) is 30.0. The second kappa shape index (κ2) is 20.1. The van der Waals surface area contributed by atoms with E-state index in [4.69, 9.17) is 23.9 Å². The summed E-state index contributed by atoms with van der Waals surface area (Å²) in [4.78, 5) is 31.5. The maximum absolute atomic E-state index is 14.0. The molecule has 2 aliphatic heterocycles. The van der Waals surface area contributed by atoms with Gasteiger partial charge >= 0.3 is 5.97 Å². The number of rotatable bonds is 5. The molecule has 3 aromatic rings. The number of ether oxygens (including phenoxy) is 4. The van der Waals surface area contributed by atoms with E-state index in [1.807, 2.05) is 36.2 Å². The molecule has 2 aromatic heterocycles. The zero-order valence-electron chi connectivity index (χ0n) is 36.7. The minimum atomic E-state index is -1.05. The van der Waals surface area contributed by atoms with Gasteiger partial charge in [-0.2, -0.15) is 5.10 Å². The molecule has 1 fully saturated rings. The maximum Gasteiger partial charge on any atom is 0.302 e. The molecular formula is C47H59N5O10. The van der Waals surface area contributed by atoms with Crippen molar-refractivity contribution < 1.29 is 49.0 Å². The topological polar surface area (TPSA) is 197 Å². The first-order valence-electron chi connectivity index (χ1n) is 21.1. The minimum absolute atomic E-state index is 0.00773. The number of carbonyl (C=O) groups excluding carboxylic acids is 2. The molecule has 1 aliphatic carbocycles. The molecule has 1 saturated heterocycles. The van der Waals surface area contributed by atoms with Crippen LogP contribution in [0.2, 0.25) is 0 Å². The number of hydrazone groups is 1. The van der Waals surface area contributed by atoms with Crippen molar-refractivity contribution in [3.8, 4) is 17.6 Å². The largest absolute Gasteiger partial charge is 0.505 e. The Bertz CT molecular complexity index is 2470. The predicted molar refractivity (Wildman–Crippen MR) is 237 cm³/mol. The van der Waals surface area contributed by atoms with Crippen molar-refractivity contribution in [2.75, 3.05) is 45.8 Å². The number of allylic oxidation sites excluding steroid dienone is 3. The Morgan fingerprint density at radius 1 is 1.03 bits per heavy atom. The van der Waals surface area contributed by atoms with Crippen molar-refractivity contribution in [1.82, 2.24) is 14.4 Å². The van der Waals surface area contributed by atoms with Crippen LogP contribution in [0.3, 0.4) is 0 Å². The number of nitrogens with zero attached hydrogens (tertiary/aromatic N) is 4. The van der Waals surface area contributed by atoms with E-state index < -0.39 is 77.6 Å². The second-order valence-electron chi connectivity index (χ2n) is 16.4. The Labute approximate surface area is 361 Å². The number of nitrogens with one attached hydrogen (secondary N) is 1. The molecule has 2 bridgehead atoms. The number of pyridine rings is 1. The van der Waals surface area contributed by atoms with E-state index in [9.17, 15) is 30.0 Å². The Hall–Kier alpha value is -5.50. The zero-order valence-corrected chi connectivity index (χ0v) is 36.7. The lowest BCUT2D eigenvalue weighted by atomic mass is 9.78. The highest BCUT2D eigenvalue weighted by atomic mass is 16.5. The van der Waals surface area contributed by atoms with Crippen molar-refractivity contribution >= 4 is 51.8 Å². The molecular weight excluding hydrogens is 795 g/mol. The molecule has 332 valence electrons. The number of aromatic nitrogens is 2. The molecule has 9 atom stereocenters. The van der Waals surface area contributed by atoms with Crippen LogP contribution in [-0.4, -0.2) is 124 Å². The summed E-state index contributed by atoms with van der Waals surface area (Å²) >= 11 is 0. The lowest BCUT2D eigenvalue weighted by Crippen LogP contribution is -2.46. The van der Waals surface area contributed by atoms with Gasteiger partial charge in [0.25, 0.3) is 5.91 Å². The standard InChI is InChI=1S/C47H59N5O10/c1-26-12-11-13-27(2)47(58)50-41-42-40(49-37-24-32(18-19-52(37)42)25-48-51-20-22-61-23-21-51)38-33(36(60-8)17-16-34(54)39(38)45(41)57)14-9-10-15-35(59-7)28(3)46(62-31(6)53)30(5)44(56)29(4)43(26)55/h10-13,15,18-19,24-26,28-30,35-36,43-44,46,54-57H,9,14,20-23H2,1-8H3,(H,50,58)/b12-11+,15-10+,27-13-,48-25+/t26-,28+,29+,30+,35-,36?,43-,44+,46+/m0/s1. The summed E-state index contributed by atoms with van der Waals surface area (Å²) in [5, 5.41) is 56.6. The molecule has 0 radical (unpaired) electrons. The number of aliphatic hydroxyl groups is 3. The molecule has 1 aromatic carbocycles. The van der Waals surface area contributed by atoms with Crippen LogP contribution in [0.5, 0.6) is 5.75 Å². The lowest BCUT2D eigenvalue weighted by Gasteiger charge is -2.38. The summed E-state index contributed by atoms with van der Waals surface area (Å²) < 4.78 is 24.9. The fourth-order valence-electron chi connectivity index (χ4n) is 8.52. The van der Waals surface area contributed by atoms with Gasteiger partial charge in [0.1, 0.15) is 34.6 Å². The average Bonchev–Trinajstić information content (AvgIpc) is 3.57. The van der Waals surface area contributed by atoms with Gasteiger partial charge in [-0.05, 0) is 49.0 Å². The summed E-state index contributed by atoms with van der Waals surface area (Å²) in [5.74, 6) is 1.82. The summed E-state index contributed by atoms with van der Waals surface area (Å²) in [7, 11) is 3.08. The van der Waals surface area contributed by atoms with Crippen LogP contribution >= 0.6 is 0 Å². The van der Waals surface area contributed by atoms with Gasteiger partial charge in [0.05, 0.1) is 56.0 Å². The van der Waals surface area contributed by atoms with Crippen molar-refractivity contribution in [3.63, 3.8) is 0 Å². The van der Waals surface area contributed by atoms with Gasteiger partial charge < -0.3 is 44.7 Å². The number of phenolic OH excluding ortho intramolecular Hbond substituents is 1. The molecule has 62 heavy (non-hydrogen) atoms. The molecule has 3 aliphatic rings. The zero-order chi connectivity index (χ0) is 44.8. The highest BCUT2D eigenvalue weighted by Gasteiger charge is 2.39. The van der Waals surface area contributed by atoms with Gasteiger partial charge in [0.2, 0.25) is 0 Å². The van der Waals surface area contributed by atoms with Crippen LogP contribution in [0.1, 0.15) is 59.9 Å². The molecule has 0 saturated carbocycles. The number of phenols is 1. The fraction of sp³-hybridized carbons (Fsp3) is 0.489. The second-order valence-corrected chi connectivity index (χ2v) is 16.4. The Morgan fingerprint density at radius 3 is 2.47 bits per heavy atom. The van der Waals surface area contributed by atoms with Crippen LogP contribution in [0.25, 0.3) is 28.0 Å². The molecule has 6 rings (SSSR count). The van der Waals surface area contributed by atoms with Crippen molar-refractivity contribution in [2.45, 2.75) is 84.9 Å². The Balaban J connectivity index is 1.57. The third-order valence-electron chi connectivity index (χ3n) is 12.2. The summed E-state index contributed by atoms with van der Waals surface area (Å²) in [5.41, 5.74) is 2.95. The number of aliphatic hydroxyl groups excluding tert-OH is 3. The lowest BCUT2D eigenvalue weighted by molar-refractivity contribution is -0.160. The average molecular weight is 854 g/mol. The molecule has 5 N–H and O–H groups in total. The molecule has 0 spiro atoms. The van der Waals surface area contributed by atoms with E-state index in [1.165, 1.54) is 14.0 Å². The van der Waals surface area contributed by atoms with Crippen LogP contribution in [0, 0.1) is 35.5 Å². The third-order valence-corrected chi connectivity index (χ3v) is 12.2. The van der Waals surface area contributed by atoms with Crippen LogP contribution in [-0.2, 0) is 28.5 Å². The molecule has 1 amide bonds. The Kier molecular flexibility index (Phi) is 14.9. The van der Waals surface area contributed by atoms with E-state index >= 15 is 0 Å². The van der Waals surface area contributed by atoms with Crippen molar-refractivity contribution in [2.24, 2.45) is 28.8 Å². The fourth-order valence-corrected chi connectivity index (χ4v) is 8.52. The highest BCUT2D eigenvalue weighted by molar-refractivity contribution is 6.10. The Morgan fingerprint density at radius 2 is 1.77 bits per heavy atom. The highest BCUT2D eigenvalue weighted by Crippen LogP contribution is 2.33. The monoisotopic (exact) mass is 853 g/mol. The number of benzene rings is 1. The van der Waals surface area contributed by atoms with E-state index in [0.717, 1.165) is 5.56 Å². The van der Waals surface area contributed by atoms with Gasteiger partial charge in [-0.3, -0.25) is 19.0 Å². The molecule has 15 nitrogen and oxygen atoms in total. The molecule has 1 unspecified atom stereocenters. The summed E-state index contributed by atoms with van der Waals surface area (Å²) in [6.07, 6.45) is 8.91. The van der Waals surface area contributed by atoms with E-state index in [2.05, 4.69) is 22.3 Å².